The third-order valence-electron chi connectivity index (χ3n) is 2.75. The molecule has 3 nitrogen and oxygen atoms in total. The Balaban J connectivity index is 2.10. The fourth-order valence-corrected chi connectivity index (χ4v) is 1.80. The van der Waals surface area contributed by atoms with Gasteiger partial charge in [0, 0.05) is 0 Å². The number of rotatable bonds is 4. The van der Waals surface area contributed by atoms with Crippen molar-refractivity contribution in [1.29, 1.82) is 0 Å². The SMILES string of the molecule is NCC(=O)NC(c1ccccc1)C1CC1. The Morgan fingerprint density at radius 2 is 2.07 bits per heavy atom. The van der Waals surface area contributed by atoms with Crippen LogP contribution in [-0.4, -0.2) is 12.5 Å². The van der Waals surface area contributed by atoms with Gasteiger partial charge >= 0.3 is 0 Å². The van der Waals surface area contributed by atoms with Crippen LogP contribution in [0.15, 0.2) is 30.3 Å². The molecule has 0 spiro atoms. The molecule has 1 amide bonds. The van der Waals surface area contributed by atoms with Gasteiger partial charge in [-0.15, -0.1) is 0 Å². The molecule has 3 heteroatoms. The maximum atomic E-state index is 11.3. The second-order valence-corrected chi connectivity index (χ2v) is 4.00. The summed E-state index contributed by atoms with van der Waals surface area (Å²) in [5, 5.41) is 2.98. The van der Waals surface area contributed by atoms with Crippen LogP contribution in [0, 0.1) is 5.92 Å². The van der Waals surface area contributed by atoms with Gasteiger partial charge in [0.15, 0.2) is 0 Å². The molecule has 2 rings (SSSR count). The van der Waals surface area contributed by atoms with Crippen molar-refractivity contribution in [2.45, 2.75) is 18.9 Å². The lowest BCUT2D eigenvalue weighted by molar-refractivity contribution is -0.120. The molecule has 0 aromatic heterocycles. The Labute approximate surface area is 89.7 Å². The van der Waals surface area contributed by atoms with Crippen molar-refractivity contribution in [2.75, 3.05) is 6.54 Å². The van der Waals surface area contributed by atoms with E-state index in [1.165, 1.54) is 18.4 Å². The van der Waals surface area contributed by atoms with E-state index in [2.05, 4.69) is 17.4 Å². The summed E-state index contributed by atoms with van der Waals surface area (Å²) in [6, 6.07) is 10.2. The maximum absolute atomic E-state index is 11.3. The second kappa shape index (κ2) is 4.45. The number of benzene rings is 1. The monoisotopic (exact) mass is 204 g/mol. The van der Waals surface area contributed by atoms with Crippen molar-refractivity contribution < 1.29 is 4.79 Å². The summed E-state index contributed by atoms with van der Waals surface area (Å²) in [4.78, 5) is 11.3. The normalized spacial score (nSPS) is 17.1. The molecule has 0 saturated heterocycles. The Morgan fingerprint density at radius 1 is 1.40 bits per heavy atom. The summed E-state index contributed by atoms with van der Waals surface area (Å²) in [6.07, 6.45) is 2.40. The topological polar surface area (TPSA) is 55.1 Å². The minimum atomic E-state index is -0.0734. The molecule has 0 heterocycles. The summed E-state index contributed by atoms with van der Waals surface area (Å²) in [7, 11) is 0. The zero-order valence-electron chi connectivity index (χ0n) is 8.65. The van der Waals surface area contributed by atoms with Crippen LogP contribution in [0.25, 0.3) is 0 Å². The summed E-state index contributed by atoms with van der Waals surface area (Å²) in [6.45, 7) is 0.0655. The molecule has 1 aliphatic carbocycles. The van der Waals surface area contributed by atoms with Gasteiger partial charge in [0.25, 0.3) is 0 Å². The van der Waals surface area contributed by atoms with E-state index in [0.717, 1.165) is 0 Å². The number of nitrogens with one attached hydrogen (secondary N) is 1. The molecular weight excluding hydrogens is 188 g/mol. The zero-order valence-corrected chi connectivity index (χ0v) is 8.65. The quantitative estimate of drug-likeness (QED) is 0.774. The van der Waals surface area contributed by atoms with Crippen molar-refractivity contribution in [3.63, 3.8) is 0 Å². The summed E-state index contributed by atoms with van der Waals surface area (Å²) >= 11 is 0. The molecule has 1 saturated carbocycles. The van der Waals surface area contributed by atoms with E-state index in [9.17, 15) is 4.79 Å². The molecule has 1 aromatic carbocycles. The Kier molecular flexibility index (Phi) is 3.02. The average Bonchev–Trinajstić information content (AvgIpc) is 3.10. The molecule has 1 atom stereocenters. The van der Waals surface area contributed by atoms with Gasteiger partial charge in [-0.25, -0.2) is 0 Å². The second-order valence-electron chi connectivity index (χ2n) is 4.00. The molecule has 80 valence electrons. The summed E-state index contributed by atoms with van der Waals surface area (Å²) < 4.78 is 0. The molecule has 0 aliphatic heterocycles. The molecule has 1 fully saturated rings. The fourth-order valence-electron chi connectivity index (χ4n) is 1.80. The number of nitrogens with two attached hydrogens (primary N) is 1. The van der Waals surface area contributed by atoms with Crippen LogP contribution in [0.4, 0.5) is 0 Å². The van der Waals surface area contributed by atoms with Crippen LogP contribution in [0.3, 0.4) is 0 Å². The molecule has 0 bridgehead atoms. The van der Waals surface area contributed by atoms with Gasteiger partial charge in [-0.05, 0) is 24.3 Å². The van der Waals surface area contributed by atoms with E-state index in [-0.39, 0.29) is 18.5 Å². The van der Waals surface area contributed by atoms with Gasteiger partial charge in [-0.2, -0.15) is 0 Å². The number of carbonyl (C=O) groups is 1. The predicted molar refractivity (Wildman–Crippen MR) is 59.1 cm³/mol. The highest BCUT2D eigenvalue weighted by atomic mass is 16.1. The van der Waals surface area contributed by atoms with E-state index in [0.29, 0.717) is 5.92 Å². The zero-order chi connectivity index (χ0) is 10.7. The van der Waals surface area contributed by atoms with E-state index in [1.807, 2.05) is 18.2 Å². The third kappa shape index (κ3) is 2.57. The molecule has 3 N–H and O–H groups in total. The Hall–Kier alpha value is -1.35. The predicted octanol–water partition coefficient (Wildman–Crippen LogP) is 1.21. The smallest absolute Gasteiger partial charge is 0.234 e. The van der Waals surface area contributed by atoms with E-state index >= 15 is 0 Å². The minimum Gasteiger partial charge on any atom is -0.348 e. The van der Waals surface area contributed by atoms with E-state index in [1.54, 1.807) is 0 Å². The third-order valence-corrected chi connectivity index (χ3v) is 2.75. The van der Waals surface area contributed by atoms with E-state index < -0.39 is 0 Å². The fraction of sp³-hybridized carbons (Fsp3) is 0.417. The number of amides is 1. The largest absolute Gasteiger partial charge is 0.348 e. The maximum Gasteiger partial charge on any atom is 0.234 e. The number of hydrogen-bond acceptors (Lipinski definition) is 2. The molecule has 1 unspecified atom stereocenters. The van der Waals surface area contributed by atoms with Crippen molar-refractivity contribution in [1.82, 2.24) is 5.32 Å². The highest BCUT2D eigenvalue weighted by molar-refractivity contribution is 5.78. The minimum absolute atomic E-state index is 0.0655. The van der Waals surface area contributed by atoms with Gasteiger partial charge in [-0.3, -0.25) is 4.79 Å². The van der Waals surface area contributed by atoms with Gasteiger partial charge in [0.05, 0.1) is 12.6 Å². The van der Waals surface area contributed by atoms with E-state index in [4.69, 9.17) is 5.73 Å². The van der Waals surface area contributed by atoms with Gasteiger partial charge < -0.3 is 11.1 Å². The van der Waals surface area contributed by atoms with Crippen LogP contribution in [0.1, 0.15) is 24.4 Å². The van der Waals surface area contributed by atoms with Crippen LogP contribution in [0.2, 0.25) is 0 Å². The lowest BCUT2D eigenvalue weighted by Crippen LogP contribution is -2.34. The van der Waals surface area contributed by atoms with Crippen LogP contribution >= 0.6 is 0 Å². The van der Waals surface area contributed by atoms with Crippen LogP contribution < -0.4 is 11.1 Å². The van der Waals surface area contributed by atoms with Crippen molar-refractivity contribution in [3.05, 3.63) is 35.9 Å². The molecule has 0 radical (unpaired) electrons. The van der Waals surface area contributed by atoms with Crippen LogP contribution in [-0.2, 0) is 4.79 Å². The van der Waals surface area contributed by atoms with Crippen LogP contribution in [0.5, 0.6) is 0 Å². The first-order chi connectivity index (χ1) is 7.31. The number of hydrogen-bond donors (Lipinski definition) is 2. The average molecular weight is 204 g/mol. The standard InChI is InChI=1S/C12H16N2O/c13-8-11(15)14-12(10-6-7-10)9-4-2-1-3-5-9/h1-5,10,12H,6-8,13H2,(H,14,15). The highest BCUT2D eigenvalue weighted by Gasteiger charge is 2.32. The Morgan fingerprint density at radius 3 is 2.60 bits per heavy atom. The lowest BCUT2D eigenvalue weighted by atomic mass is 10.0. The molecule has 1 aromatic rings. The highest BCUT2D eigenvalue weighted by Crippen LogP contribution is 2.40. The first-order valence-electron chi connectivity index (χ1n) is 5.35. The van der Waals surface area contributed by atoms with Crippen molar-refractivity contribution >= 4 is 5.91 Å². The van der Waals surface area contributed by atoms with Gasteiger partial charge in [-0.1, -0.05) is 30.3 Å². The summed E-state index contributed by atoms with van der Waals surface area (Å²) in [5.41, 5.74) is 6.49. The Bertz CT molecular complexity index is 333. The first-order valence-corrected chi connectivity index (χ1v) is 5.35. The molecule has 15 heavy (non-hydrogen) atoms. The van der Waals surface area contributed by atoms with Crippen molar-refractivity contribution in [3.8, 4) is 0 Å². The van der Waals surface area contributed by atoms with Crippen molar-refractivity contribution in [2.24, 2.45) is 11.7 Å². The lowest BCUT2D eigenvalue weighted by Gasteiger charge is -2.18. The first kappa shape index (κ1) is 10.2. The molecule has 1 aliphatic rings. The van der Waals surface area contributed by atoms with Gasteiger partial charge in [0.2, 0.25) is 5.91 Å². The number of carbonyl (C=O) groups excluding carboxylic acids is 1. The summed E-state index contributed by atoms with van der Waals surface area (Å²) in [5.74, 6) is 0.527. The van der Waals surface area contributed by atoms with Gasteiger partial charge in [0.1, 0.15) is 0 Å². The molecular formula is C12H16N2O.